The minimum atomic E-state index is -0.382. The summed E-state index contributed by atoms with van der Waals surface area (Å²) in [6.45, 7) is 1.82. The number of carbonyl (C=O) groups excluding carboxylic acids is 1. The average molecular weight is 168 g/mol. The monoisotopic (exact) mass is 168 g/mol. The predicted octanol–water partition coefficient (Wildman–Crippen LogP) is 0.821. The lowest BCUT2D eigenvalue weighted by Gasteiger charge is -2.04. The molecule has 4 nitrogen and oxygen atoms in total. The minimum Gasteiger partial charge on any atom is -0.464 e. The molecule has 0 radical (unpaired) electrons. The molecule has 0 aliphatic carbocycles. The van der Waals surface area contributed by atoms with E-state index in [-0.39, 0.29) is 12.0 Å². The molecule has 1 aromatic heterocycles. The Balaban J connectivity index is 2.99. The number of H-pyrrole nitrogens is 1. The predicted molar refractivity (Wildman–Crippen MR) is 44.7 cm³/mol. The van der Waals surface area contributed by atoms with Crippen LogP contribution in [-0.2, 0) is 4.74 Å². The van der Waals surface area contributed by atoms with Crippen LogP contribution in [0.25, 0.3) is 0 Å². The molecule has 1 rings (SSSR count). The van der Waals surface area contributed by atoms with Gasteiger partial charge in [0.2, 0.25) is 0 Å². The van der Waals surface area contributed by atoms with Crippen LogP contribution in [-0.4, -0.2) is 18.1 Å². The lowest BCUT2D eigenvalue weighted by Crippen LogP contribution is -2.11. The third-order valence-electron chi connectivity index (χ3n) is 1.66. The van der Waals surface area contributed by atoms with Gasteiger partial charge in [0.05, 0.1) is 7.11 Å². The number of rotatable bonds is 2. The number of esters is 1. The smallest absolute Gasteiger partial charge is 0.354 e. The van der Waals surface area contributed by atoms with Gasteiger partial charge < -0.3 is 15.5 Å². The van der Waals surface area contributed by atoms with Crippen LogP contribution in [0, 0.1) is 0 Å². The Morgan fingerprint density at radius 1 is 1.75 bits per heavy atom. The summed E-state index contributed by atoms with van der Waals surface area (Å²) >= 11 is 0. The highest BCUT2D eigenvalue weighted by Crippen LogP contribution is 2.14. The van der Waals surface area contributed by atoms with Gasteiger partial charge in [-0.15, -0.1) is 0 Å². The first kappa shape index (κ1) is 8.80. The lowest BCUT2D eigenvalue weighted by molar-refractivity contribution is 0.0593. The largest absolute Gasteiger partial charge is 0.464 e. The van der Waals surface area contributed by atoms with Crippen molar-refractivity contribution in [3.05, 3.63) is 23.5 Å². The van der Waals surface area contributed by atoms with Crippen molar-refractivity contribution in [2.45, 2.75) is 13.0 Å². The van der Waals surface area contributed by atoms with Crippen LogP contribution in [0.1, 0.15) is 29.0 Å². The van der Waals surface area contributed by atoms with Gasteiger partial charge in [0.1, 0.15) is 5.69 Å². The van der Waals surface area contributed by atoms with Crippen molar-refractivity contribution in [2.75, 3.05) is 7.11 Å². The molecule has 1 atom stereocenters. The fourth-order valence-corrected chi connectivity index (χ4v) is 1.04. The zero-order valence-corrected chi connectivity index (χ0v) is 7.13. The Labute approximate surface area is 70.7 Å². The lowest BCUT2D eigenvalue weighted by atomic mass is 10.1. The molecule has 1 aromatic rings. The van der Waals surface area contributed by atoms with Gasteiger partial charge in [-0.05, 0) is 13.0 Å². The van der Waals surface area contributed by atoms with Gasteiger partial charge in [-0.1, -0.05) is 0 Å². The number of ether oxygens (including phenoxy) is 1. The highest BCUT2D eigenvalue weighted by Gasteiger charge is 2.14. The SMILES string of the molecule is COC(=O)c1[nH]ccc1C(C)N. The van der Waals surface area contributed by atoms with Crippen molar-refractivity contribution in [3.8, 4) is 0 Å². The first-order valence-corrected chi connectivity index (χ1v) is 3.68. The third-order valence-corrected chi connectivity index (χ3v) is 1.66. The molecule has 0 aliphatic heterocycles. The van der Waals surface area contributed by atoms with E-state index in [0.717, 1.165) is 5.56 Å². The molecule has 0 bridgehead atoms. The topological polar surface area (TPSA) is 68.1 Å². The van der Waals surface area contributed by atoms with Crippen LogP contribution in [0.3, 0.4) is 0 Å². The van der Waals surface area contributed by atoms with Gasteiger partial charge in [-0.25, -0.2) is 4.79 Å². The quantitative estimate of drug-likeness (QED) is 0.642. The number of carbonyl (C=O) groups is 1. The van der Waals surface area contributed by atoms with Crippen LogP contribution < -0.4 is 5.73 Å². The van der Waals surface area contributed by atoms with Crippen molar-refractivity contribution in [1.29, 1.82) is 0 Å². The second-order valence-electron chi connectivity index (χ2n) is 2.59. The van der Waals surface area contributed by atoms with Crippen LogP contribution in [0.5, 0.6) is 0 Å². The normalized spacial score (nSPS) is 12.6. The van der Waals surface area contributed by atoms with Crippen molar-refractivity contribution < 1.29 is 9.53 Å². The molecule has 0 saturated heterocycles. The second-order valence-corrected chi connectivity index (χ2v) is 2.59. The summed E-state index contributed by atoms with van der Waals surface area (Å²) in [5.74, 6) is -0.382. The van der Waals surface area contributed by atoms with Gasteiger partial charge in [0, 0.05) is 17.8 Å². The molecule has 0 aromatic carbocycles. The van der Waals surface area contributed by atoms with E-state index in [9.17, 15) is 4.79 Å². The number of hydrogen-bond donors (Lipinski definition) is 2. The van der Waals surface area contributed by atoms with E-state index in [1.165, 1.54) is 7.11 Å². The highest BCUT2D eigenvalue weighted by atomic mass is 16.5. The summed E-state index contributed by atoms with van der Waals surface area (Å²) in [5.41, 5.74) is 6.84. The Bertz CT molecular complexity index is 278. The fourth-order valence-electron chi connectivity index (χ4n) is 1.04. The van der Waals surface area contributed by atoms with Crippen molar-refractivity contribution in [2.24, 2.45) is 5.73 Å². The van der Waals surface area contributed by atoms with Crippen molar-refractivity contribution >= 4 is 5.97 Å². The van der Waals surface area contributed by atoms with Gasteiger partial charge in [-0.2, -0.15) is 0 Å². The number of hydrogen-bond acceptors (Lipinski definition) is 3. The van der Waals surface area contributed by atoms with Crippen molar-refractivity contribution in [3.63, 3.8) is 0 Å². The highest BCUT2D eigenvalue weighted by molar-refractivity contribution is 5.89. The van der Waals surface area contributed by atoms with Gasteiger partial charge in [0.25, 0.3) is 0 Å². The van der Waals surface area contributed by atoms with Crippen molar-refractivity contribution in [1.82, 2.24) is 4.98 Å². The van der Waals surface area contributed by atoms with Gasteiger partial charge >= 0.3 is 5.97 Å². The molecule has 0 aliphatic rings. The molecule has 3 N–H and O–H groups in total. The molecule has 1 heterocycles. The molecular weight excluding hydrogens is 156 g/mol. The summed E-state index contributed by atoms with van der Waals surface area (Å²) in [4.78, 5) is 13.9. The summed E-state index contributed by atoms with van der Waals surface area (Å²) in [6, 6.07) is 1.61. The number of aromatic amines is 1. The standard InChI is InChI=1S/C8H12N2O2/c1-5(9)6-3-4-10-7(6)8(11)12-2/h3-5,10H,9H2,1-2H3. The summed E-state index contributed by atoms with van der Waals surface area (Å²) in [6.07, 6.45) is 1.67. The number of aromatic nitrogens is 1. The molecule has 66 valence electrons. The zero-order chi connectivity index (χ0) is 9.14. The minimum absolute atomic E-state index is 0.162. The first-order valence-electron chi connectivity index (χ1n) is 3.68. The van der Waals surface area contributed by atoms with E-state index in [1.807, 2.05) is 6.92 Å². The van der Waals surface area contributed by atoms with Gasteiger partial charge in [0.15, 0.2) is 0 Å². The molecule has 1 unspecified atom stereocenters. The van der Waals surface area contributed by atoms with E-state index >= 15 is 0 Å². The van der Waals surface area contributed by atoms with Crippen LogP contribution in [0.15, 0.2) is 12.3 Å². The number of methoxy groups -OCH3 is 1. The Morgan fingerprint density at radius 3 is 2.92 bits per heavy atom. The van der Waals surface area contributed by atoms with E-state index in [2.05, 4.69) is 9.72 Å². The summed E-state index contributed by atoms with van der Waals surface area (Å²) in [5, 5.41) is 0. The second kappa shape index (κ2) is 3.40. The molecule has 4 heteroatoms. The average Bonchev–Trinajstić information content (AvgIpc) is 2.50. The fraction of sp³-hybridized carbons (Fsp3) is 0.375. The van der Waals surface area contributed by atoms with E-state index in [1.54, 1.807) is 12.3 Å². The maximum atomic E-state index is 11.1. The zero-order valence-electron chi connectivity index (χ0n) is 7.13. The Morgan fingerprint density at radius 2 is 2.42 bits per heavy atom. The number of nitrogens with two attached hydrogens (primary N) is 1. The summed E-state index contributed by atoms with van der Waals surface area (Å²) < 4.78 is 4.56. The Kier molecular flexibility index (Phi) is 2.50. The number of nitrogens with one attached hydrogen (secondary N) is 1. The molecule has 0 amide bonds. The molecule has 0 spiro atoms. The molecule has 0 saturated carbocycles. The third kappa shape index (κ3) is 1.48. The molecule has 0 fully saturated rings. The summed E-state index contributed by atoms with van der Waals surface area (Å²) in [7, 11) is 1.34. The van der Waals surface area contributed by atoms with Crippen LogP contribution >= 0.6 is 0 Å². The van der Waals surface area contributed by atoms with E-state index in [0.29, 0.717) is 5.69 Å². The Hall–Kier alpha value is -1.29. The molecular formula is C8H12N2O2. The maximum Gasteiger partial charge on any atom is 0.354 e. The van der Waals surface area contributed by atoms with Crippen LogP contribution in [0.4, 0.5) is 0 Å². The maximum absolute atomic E-state index is 11.1. The van der Waals surface area contributed by atoms with E-state index in [4.69, 9.17) is 5.73 Å². The van der Waals surface area contributed by atoms with E-state index < -0.39 is 0 Å². The molecule has 12 heavy (non-hydrogen) atoms. The van der Waals surface area contributed by atoms with Gasteiger partial charge in [-0.3, -0.25) is 0 Å². The van der Waals surface area contributed by atoms with Crippen LogP contribution in [0.2, 0.25) is 0 Å². The first-order chi connectivity index (χ1) is 5.66.